The van der Waals surface area contributed by atoms with Crippen molar-refractivity contribution in [2.75, 3.05) is 24.5 Å². The third-order valence-electron chi connectivity index (χ3n) is 4.48. The topological polar surface area (TPSA) is 81.8 Å². The van der Waals surface area contributed by atoms with Crippen molar-refractivity contribution >= 4 is 17.0 Å². The predicted molar refractivity (Wildman–Crippen MR) is 76.2 cm³/mol. The van der Waals surface area contributed by atoms with Gasteiger partial charge in [0, 0.05) is 25.7 Å². The van der Waals surface area contributed by atoms with Crippen molar-refractivity contribution in [1.29, 1.82) is 0 Å². The molecule has 0 bridgehead atoms. The lowest BCUT2D eigenvalue weighted by atomic mass is 9.88. The van der Waals surface area contributed by atoms with Gasteiger partial charge in [0.2, 0.25) is 0 Å². The lowest BCUT2D eigenvalue weighted by molar-refractivity contribution is 0.310. The number of anilines is 1. The predicted octanol–water partition coefficient (Wildman–Crippen LogP) is 0.436. The lowest BCUT2D eigenvalue weighted by Gasteiger charge is -2.35. The first-order valence-corrected chi connectivity index (χ1v) is 7.29. The highest BCUT2D eigenvalue weighted by Crippen LogP contribution is 2.28. The molecule has 2 aromatic rings. The molecule has 3 N–H and O–H groups in total. The zero-order valence-corrected chi connectivity index (χ0v) is 11.3. The fraction of sp³-hybridized carbons (Fsp3) is 0.615. The number of piperidine rings is 1. The number of imidazole rings is 1. The van der Waals surface area contributed by atoms with Gasteiger partial charge in [-0.15, -0.1) is 0 Å². The van der Waals surface area contributed by atoms with E-state index in [0.717, 1.165) is 42.5 Å². The molecule has 0 spiro atoms. The molecular weight excluding hydrogens is 254 g/mol. The Morgan fingerprint density at radius 1 is 1.10 bits per heavy atom. The van der Waals surface area contributed by atoms with Gasteiger partial charge in [-0.05, 0) is 25.2 Å². The summed E-state index contributed by atoms with van der Waals surface area (Å²) in [5.74, 6) is 1.75. The van der Waals surface area contributed by atoms with Crippen LogP contribution in [0.25, 0.3) is 11.2 Å². The standard InChI is InChI=1S/C13H19N7/c1-4-18-19-10(1)9-2-5-20(6-3-9)13-11-12(15-7-14-11)16-8-17-13/h7-10,18-19H,1-6H2,(H,14,15,16,17). The number of hydrogen-bond acceptors (Lipinski definition) is 6. The SMILES string of the molecule is c1nc(N2CCC(C3CCNN3)CC2)c2[nH]cnc2n1. The second kappa shape index (κ2) is 4.99. The third-order valence-corrected chi connectivity index (χ3v) is 4.48. The molecule has 0 aromatic carbocycles. The molecule has 4 rings (SSSR count). The zero-order chi connectivity index (χ0) is 13.4. The molecule has 2 fully saturated rings. The summed E-state index contributed by atoms with van der Waals surface area (Å²) in [5.41, 5.74) is 8.33. The second-order valence-electron chi connectivity index (χ2n) is 5.59. The van der Waals surface area contributed by atoms with E-state index in [0.29, 0.717) is 6.04 Å². The molecule has 0 amide bonds. The Labute approximate surface area is 117 Å². The minimum Gasteiger partial charge on any atom is -0.355 e. The van der Waals surface area contributed by atoms with Crippen molar-refractivity contribution < 1.29 is 0 Å². The first kappa shape index (κ1) is 12.0. The quantitative estimate of drug-likeness (QED) is 0.736. The summed E-state index contributed by atoms with van der Waals surface area (Å²) >= 11 is 0. The van der Waals surface area contributed by atoms with Gasteiger partial charge in [-0.2, -0.15) is 0 Å². The monoisotopic (exact) mass is 273 g/mol. The molecule has 2 aliphatic rings. The minimum atomic E-state index is 0.634. The van der Waals surface area contributed by atoms with Gasteiger partial charge in [-0.1, -0.05) is 0 Å². The van der Waals surface area contributed by atoms with Crippen LogP contribution in [0.2, 0.25) is 0 Å². The van der Waals surface area contributed by atoms with Crippen LogP contribution in [0.15, 0.2) is 12.7 Å². The number of rotatable bonds is 2. The van der Waals surface area contributed by atoms with Gasteiger partial charge in [0.1, 0.15) is 11.8 Å². The molecular formula is C13H19N7. The largest absolute Gasteiger partial charge is 0.355 e. The van der Waals surface area contributed by atoms with Gasteiger partial charge in [0.15, 0.2) is 11.5 Å². The summed E-state index contributed by atoms with van der Waals surface area (Å²) in [6, 6.07) is 0.634. The van der Waals surface area contributed by atoms with Crippen molar-refractivity contribution in [2.24, 2.45) is 5.92 Å². The average molecular weight is 273 g/mol. The minimum absolute atomic E-state index is 0.634. The fourth-order valence-electron chi connectivity index (χ4n) is 3.36. The van der Waals surface area contributed by atoms with Crippen LogP contribution in [0.5, 0.6) is 0 Å². The van der Waals surface area contributed by atoms with Crippen molar-refractivity contribution in [3.63, 3.8) is 0 Å². The molecule has 7 nitrogen and oxygen atoms in total. The summed E-state index contributed by atoms with van der Waals surface area (Å²) in [7, 11) is 0. The van der Waals surface area contributed by atoms with Crippen LogP contribution in [0, 0.1) is 5.92 Å². The number of aromatic amines is 1. The van der Waals surface area contributed by atoms with Crippen LogP contribution in [0.1, 0.15) is 19.3 Å². The summed E-state index contributed by atoms with van der Waals surface area (Å²) in [6.07, 6.45) is 6.94. The summed E-state index contributed by atoms with van der Waals surface area (Å²) < 4.78 is 0. The van der Waals surface area contributed by atoms with Crippen molar-refractivity contribution in [3.8, 4) is 0 Å². The highest BCUT2D eigenvalue weighted by molar-refractivity contribution is 5.82. The maximum Gasteiger partial charge on any atom is 0.182 e. The van der Waals surface area contributed by atoms with Gasteiger partial charge in [-0.25, -0.2) is 15.0 Å². The molecule has 0 aliphatic carbocycles. The van der Waals surface area contributed by atoms with Crippen LogP contribution >= 0.6 is 0 Å². The van der Waals surface area contributed by atoms with E-state index in [2.05, 4.69) is 35.7 Å². The van der Waals surface area contributed by atoms with E-state index in [-0.39, 0.29) is 0 Å². The van der Waals surface area contributed by atoms with Gasteiger partial charge in [0.25, 0.3) is 0 Å². The summed E-state index contributed by atoms with van der Waals surface area (Å²) in [5, 5.41) is 0. The molecule has 4 heterocycles. The van der Waals surface area contributed by atoms with E-state index < -0.39 is 0 Å². The number of aromatic nitrogens is 4. The normalized spacial score (nSPS) is 24.6. The fourth-order valence-corrected chi connectivity index (χ4v) is 3.36. The van der Waals surface area contributed by atoms with E-state index in [9.17, 15) is 0 Å². The van der Waals surface area contributed by atoms with E-state index in [1.807, 2.05) is 0 Å². The molecule has 7 heteroatoms. The van der Waals surface area contributed by atoms with Crippen molar-refractivity contribution in [1.82, 2.24) is 30.8 Å². The number of hydrazine groups is 1. The number of nitrogens with one attached hydrogen (secondary N) is 3. The maximum atomic E-state index is 4.44. The Kier molecular flexibility index (Phi) is 3.00. The first-order chi connectivity index (χ1) is 9.92. The van der Waals surface area contributed by atoms with Crippen LogP contribution in [-0.4, -0.2) is 45.6 Å². The summed E-state index contributed by atoms with van der Waals surface area (Å²) in [4.78, 5) is 18.3. The van der Waals surface area contributed by atoms with Crippen LogP contribution in [-0.2, 0) is 0 Å². The Bertz CT molecular complexity index is 581. The zero-order valence-electron chi connectivity index (χ0n) is 11.3. The van der Waals surface area contributed by atoms with E-state index in [4.69, 9.17) is 0 Å². The molecule has 2 saturated heterocycles. The van der Waals surface area contributed by atoms with Crippen LogP contribution in [0.3, 0.4) is 0 Å². The molecule has 0 saturated carbocycles. The third kappa shape index (κ3) is 2.03. The number of fused-ring (bicyclic) bond motifs is 1. The Balaban J connectivity index is 1.50. The molecule has 0 radical (unpaired) electrons. The number of hydrogen-bond donors (Lipinski definition) is 3. The van der Waals surface area contributed by atoms with E-state index in [1.54, 1.807) is 12.7 Å². The van der Waals surface area contributed by atoms with E-state index in [1.165, 1.54) is 19.3 Å². The van der Waals surface area contributed by atoms with Gasteiger partial charge in [0.05, 0.1) is 6.33 Å². The van der Waals surface area contributed by atoms with Crippen LogP contribution in [0.4, 0.5) is 5.82 Å². The number of nitrogens with zero attached hydrogens (tertiary/aromatic N) is 4. The number of H-pyrrole nitrogens is 1. The summed E-state index contributed by atoms with van der Waals surface area (Å²) in [6.45, 7) is 3.19. The second-order valence-corrected chi connectivity index (χ2v) is 5.59. The smallest absolute Gasteiger partial charge is 0.182 e. The molecule has 20 heavy (non-hydrogen) atoms. The molecule has 1 unspecified atom stereocenters. The highest BCUT2D eigenvalue weighted by atomic mass is 15.4. The molecule has 2 aliphatic heterocycles. The maximum absolute atomic E-state index is 4.44. The average Bonchev–Trinajstić information content (AvgIpc) is 3.18. The molecule has 106 valence electrons. The van der Waals surface area contributed by atoms with Gasteiger partial charge in [-0.3, -0.25) is 10.9 Å². The lowest BCUT2D eigenvalue weighted by Crippen LogP contribution is -2.43. The van der Waals surface area contributed by atoms with Crippen molar-refractivity contribution in [2.45, 2.75) is 25.3 Å². The van der Waals surface area contributed by atoms with Crippen molar-refractivity contribution in [3.05, 3.63) is 12.7 Å². The van der Waals surface area contributed by atoms with Crippen LogP contribution < -0.4 is 15.8 Å². The Morgan fingerprint density at radius 3 is 2.80 bits per heavy atom. The molecule has 2 aromatic heterocycles. The van der Waals surface area contributed by atoms with Gasteiger partial charge >= 0.3 is 0 Å². The highest BCUT2D eigenvalue weighted by Gasteiger charge is 2.29. The Hall–Kier alpha value is -1.73. The van der Waals surface area contributed by atoms with Gasteiger partial charge < -0.3 is 9.88 Å². The Morgan fingerprint density at radius 2 is 2.00 bits per heavy atom. The van der Waals surface area contributed by atoms with E-state index >= 15 is 0 Å². The molecule has 1 atom stereocenters. The first-order valence-electron chi connectivity index (χ1n) is 7.29.